The number of hydrogen-bond acceptors (Lipinski definition) is 5. The quantitative estimate of drug-likeness (QED) is 0.577. The zero-order valence-electron chi connectivity index (χ0n) is 17.0. The molecule has 1 atom stereocenters. The summed E-state index contributed by atoms with van der Waals surface area (Å²) in [6.07, 6.45) is 2.07. The number of aliphatic imine (C=N–C) groups is 1. The molecule has 2 N–H and O–H groups in total. The van der Waals surface area contributed by atoms with E-state index >= 15 is 0 Å². The molecule has 1 aliphatic rings. The first kappa shape index (κ1) is 20.7. The van der Waals surface area contributed by atoms with E-state index in [-0.39, 0.29) is 12.0 Å². The van der Waals surface area contributed by atoms with Crippen molar-refractivity contribution < 1.29 is 19.0 Å². The van der Waals surface area contributed by atoms with Crippen LogP contribution in [0.25, 0.3) is 0 Å². The van der Waals surface area contributed by atoms with E-state index in [4.69, 9.17) is 14.2 Å². The molecular weight excluding hydrogens is 370 g/mol. The average Bonchev–Trinajstić information content (AvgIpc) is 3.26. The van der Waals surface area contributed by atoms with Crippen molar-refractivity contribution in [2.45, 2.75) is 25.9 Å². The summed E-state index contributed by atoms with van der Waals surface area (Å²) < 4.78 is 16.3. The van der Waals surface area contributed by atoms with E-state index in [1.165, 1.54) is 0 Å². The molecule has 3 rings (SSSR count). The van der Waals surface area contributed by atoms with Crippen molar-refractivity contribution in [3.05, 3.63) is 53.6 Å². The van der Waals surface area contributed by atoms with Crippen LogP contribution < -0.4 is 20.1 Å². The van der Waals surface area contributed by atoms with Gasteiger partial charge in [-0.3, -0.25) is 10.1 Å². The number of ether oxygens (including phenoxy) is 3. The lowest BCUT2D eigenvalue weighted by Crippen LogP contribution is -2.37. The Morgan fingerprint density at radius 3 is 2.79 bits per heavy atom. The van der Waals surface area contributed by atoms with Crippen LogP contribution in [0.4, 0.5) is 5.69 Å². The molecule has 1 heterocycles. The molecule has 1 amide bonds. The van der Waals surface area contributed by atoms with Gasteiger partial charge in [0.25, 0.3) is 5.91 Å². The average molecular weight is 397 g/mol. The molecule has 1 aliphatic heterocycles. The maximum atomic E-state index is 12.8. The van der Waals surface area contributed by atoms with E-state index in [9.17, 15) is 4.79 Å². The molecule has 0 aromatic heterocycles. The fourth-order valence-corrected chi connectivity index (χ4v) is 3.08. The van der Waals surface area contributed by atoms with E-state index in [2.05, 4.69) is 15.6 Å². The summed E-state index contributed by atoms with van der Waals surface area (Å²) in [5, 5.41) is 6.06. The number of anilines is 1. The molecule has 0 unspecified atom stereocenters. The minimum absolute atomic E-state index is 0.0694. The molecule has 2 aromatic carbocycles. The molecule has 154 valence electrons. The van der Waals surface area contributed by atoms with Crippen molar-refractivity contribution in [3.8, 4) is 11.5 Å². The highest BCUT2D eigenvalue weighted by molar-refractivity contribution is 6.10. The van der Waals surface area contributed by atoms with Crippen molar-refractivity contribution in [1.82, 2.24) is 5.32 Å². The first-order chi connectivity index (χ1) is 14.1. The van der Waals surface area contributed by atoms with Gasteiger partial charge in [0.05, 0.1) is 32.6 Å². The Hall–Kier alpha value is -3.06. The Balaban J connectivity index is 1.81. The smallest absolute Gasteiger partial charge is 0.258 e. The van der Waals surface area contributed by atoms with E-state index in [1.54, 1.807) is 38.5 Å². The number of rotatable bonds is 6. The summed E-state index contributed by atoms with van der Waals surface area (Å²) in [6.45, 7) is 3.21. The highest BCUT2D eigenvalue weighted by Crippen LogP contribution is 2.25. The van der Waals surface area contributed by atoms with Gasteiger partial charge in [0, 0.05) is 12.2 Å². The minimum atomic E-state index is -0.283. The first-order valence-electron chi connectivity index (χ1n) is 9.62. The highest BCUT2D eigenvalue weighted by Gasteiger charge is 2.17. The summed E-state index contributed by atoms with van der Waals surface area (Å²) in [6, 6.07) is 12.7. The summed E-state index contributed by atoms with van der Waals surface area (Å²) in [5.74, 6) is 1.34. The fourth-order valence-electron chi connectivity index (χ4n) is 3.08. The number of nitrogens with one attached hydrogen (secondary N) is 2. The van der Waals surface area contributed by atoms with Gasteiger partial charge < -0.3 is 19.5 Å². The fraction of sp³-hybridized carbons (Fsp3) is 0.364. The normalized spacial score (nSPS) is 16.4. The molecule has 1 saturated heterocycles. The Labute approximate surface area is 171 Å². The summed E-state index contributed by atoms with van der Waals surface area (Å²) in [4.78, 5) is 17.4. The molecule has 0 aliphatic carbocycles. The molecule has 1 fully saturated rings. The summed E-state index contributed by atoms with van der Waals surface area (Å²) in [5.41, 5.74) is 2.27. The first-order valence-corrected chi connectivity index (χ1v) is 9.62. The van der Waals surface area contributed by atoms with Crippen LogP contribution in [-0.4, -0.2) is 45.3 Å². The number of methoxy groups -OCH3 is 2. The number of carbonyl (C=O) groups excluding carboxylic acids is 1. The largest absolute Gasteiger partial charge is 0.497 e. The van der Waals surface area contributed by atoms with Crippen molar-refractivity contribution in [2.24, 2.45) is 4.99 Å². The SMILES string of the molecule is COc1cccc(C(=O)NC(=NC[C@@H]2CCCO2)Nc2cc(C)ccc2OC)c1. The standard InChI is InChI=1S/C22H27N3O4/c1-15-9-10-20(28-3)19(12-15)24-22(23-14-18-8-5-11-29-18)25-21(26)16-6-4-7-17(13-16)27-2/h4,6-7,9-10,12-13,18H,5,8,11,14H2,1-3H3,(H2,23,24,25,26)/t18-/m0/s1. The molecule has 7 nitrogen and oxygen atoms in total. The predicted octanol–water partition coefficient (Wildman–Crippen LogP) is 3.39. The van der Waals surface area contributed by atoms with Crippen LogP contribution in [0.1, 0.15) is 28.8 Å². The Morgan fingerprint density at radius 2 is 2.07 bits per heavy atom. The second-order valence-electron chi connectivity index (χ2n) is 6.84. The minimum Gasteiger partial charge on any atom is -0.497 e. The molecule has 29 heavy (non-hydrogen) atoms. The molecule has 2 aromatic rings. The monoisotopic (exact) mass is 397 g/mol. The third-order valence-corrected chi connectivity index (χ3v) is 4.65. The summed E-state index contributed by atoms with van der Waals surface area (Å²) >= 11 is 0. The van der Waals surface area contributed by atoms with E-state index in [0.717, 1.165) is 30.7 Å². The van der Waals surface area contributed by atoms with Crippen LogP contribution in [-0.2, 0) is 4.74 Å². The van der Waals surface area contributed by atoms with Crippen molar-refractivity contribution >= 4 is 17.6 Å². The van der Waals surface area contributed by atoms with Gasteiger partial charge in [0.1, 0.15) is 11.5 Å². The van der Waals surface area contributed by atoms with Crippen LogP contribution in [0.3, 0.4) is 0 Å². The molecule has 0 bridgehead atoms. The maximum Gasteiger partial charge on any atom is 0.258 e. The zero-order valence-corrected chi connectivity index (χ0v) is 17.0. The molecule has 0 radical (unpaired) electrons. The second-order valence-corrected chi connectivity index (χ2v) is 6.84. The van der Waals surface area contributed by atoms with Crippen LogP contribution in [0.2, 0.25) is 0 Å². The van der Waals surface area contributed by atoms with Gasteiger partial charge in [-0.05, 0) is 55.7 Å². The third kappa shape index (κ3) is 5.71. The zero-order chi connectivity index (χ0) is 20.6. The Morgan fingerprint density at radius 1 is 1.21 bits per heavy atom. The molecule has 7 heteroatoms. The van der Waals surface area contributed by atoms with Crippen molar-refractivity contribution in [1.29, 1.82) is 0 Å². The van der Waals surface area contributed by atoms with Crippen LogP contribution in [0, 0.1) is 6.92 Å². The lowest BCUT2D eigenvalue weighted by molar-refractivity contribution is 0.0975. The number of carbonyl (C=O) groups is 1. The van der Waals surface area contributed by atoms with Gasteiger partial charge in [-0.2, -0.15) is 0 Å². The number of guanidine groups is 1. The van der Waals surface area contributed by atoms with Gasteiger partial charge in [0.2, 0.25) is 5.96 Å². The Bertz CT molecular complexity index is 876. The lowest BCUT2D eigenvalue weighted by Gasteiger charge is -2.16. The second kappa shape index (κ2) is 9.93. The molecule has 0 spiro atoms. The van der Waals surface area contributed by atoms with Gasteiger partial charge in [-0.1, -0.05) is 12.1 Å². The van der Waals surface area contributed by atoms with Crippen LogP contribution >= 0.6 is 0 Å². The van der Waals surface area contributed by atoms with Gasteiger partial charge in [0.15, 0.2) is 0 Å². The lowest BCUT2D eigenvalue weighted by atomic mass is 10.2. The molecule has 0 saturated carbocycles. The molecular formula is C22H27N3O4. The number of benzene rings is 2. The number of hydrogen-bond donors (Lipinski definition) is 2. The maximum absolute atomic E-state index is 12.8. The van der Waals surface area contributed by atoms with E-state index in [0.29, 0.717) is 29.6 Å². The number of nitrogens with zero attached hydrogens (tertiary/aromatic N) is 1. The number of amides is 1. The number of aryl methyl sites for hydroxylation is 1. The van der Waals surface area contributed by atoms with Gasteiger partial charge in [-0.15, -0.1) is 0 Å². The van der Waals surface area contributed by atoms with Crippen LogP contribution in [0.15, 0.2) is 47.5 Å². The summed E-state index contributed by atoms with van der Waals surface area (Å²) in [7, 11) is 3.17. The van der Waals surface area contributed by atoms with Crippen LogP contribution in [0.5, 0.6) is 11.5 Å². The Kier molecular flexibility index (Phi) is 7.08. The van der Waals surface area contributed by atoms with E-state index in [1.807, 2.05) is 25.1 Å². The third-order valence-electron chi connectivity index (χ3n) is 4.65. The highest BCUT2D eigenvalue weighted by atomic mass is 16.5. The topological polar surface area (TPSA) is 81.2 Å². The predicted molar refractivity (Wildman–Crippen MR) is 113 cm³/mol. The van der Waals surface area contributed by atoms with Gasteiger partial charge in [-0.25, -0.2) is 4.99 Å². The van der Waals surface area contributed by atoms with Crippen molar-refractivity contribution in [2.75, 3.05) is 32.7 Å². The van der Waals surface area contributed by atoms with E-state index < -0.39 is 0 Å². The van der Waals surface area contributed by atoms with Crippen molar-refractivity contribution in [3.63, 3.8) is 0 Å². The van der Waals surface area contributed by atoms with Gasteiger partial charge >= 0.3 is 0 Å².